The summed E-state index contributed by atoms with van der Waals surface area (Å²) >= 11 is 5.93. The smallest absolute Gasteiger partial charge is 0.123 e. The highest BCUT2D eigenvalue weighted by atomic mass is 35.5. The first kappa shape index (κ1) is 18.1. The molecule has 0 aliphatic heterocycles. The van der Waals surface area contributed by atoms with Crippen molar-refractivity contribution in [3.63, 3.8) is 0 Å². The van der Waals surface area contributed by atoms with E-state index < -0.39 is 0 Å². The van der Waals surface area contributed by atoms with Gasteiger partial charge in [-0.3, -0.25) is 0 Å². The standard InChI is InChI=1S/C21H22ClNO/c1-5-24-21-10-15(4)17(12-20(21)14(2)3)11-18(13-23)16-6-8-19(22)9-7-16/h6-12,14H,5H2,1-4H3/b18-11+. The van der Waals surface area contributed by atoms with Crippen molar-refractivity contribution in [2.45, 2.75) is 33.6 Å². The van der Waals surface area contributed by atoms with Crippen LogP contribution in [0, 0.1) is 18.3 Å². The van der Waals surface area contributed by atoms with Gasteiger partial charge in [0.2, 0.25) is 0 Å². The van der Waals surface area contributed by atoms with E-state index in [2.05, 4.69) is 32.0 Å². The predicted octanol–water partition coefficient (Wildman–Crippen LogP) is 6.23. The third-order valence-corrected chi connectivity index (χ3v) is 4.15. The largest absolute Gasteiger partial charge is 0.494 e. The van der Waals surface area contributed by atoms with Crippen LogP contribution in [-0.2, 0) is 0 Å². The topological polar surface area (TPSA) is 33.0 Å². The monoisotopic (exact) mass is 339 g/mol. The van der Waals surface area contributed by atoms with Crippen LogP contribution in [0.4, 0.5) is 0 Å². The molecular formula is C21H22ClNO. The highest BCUT2D eigenvalue weighted by Crippen LogP contribution is 2.31. The molecule has 0 aromatic heterocycles. The second-order valence-corrected chi connectivity index (χ2v) is 6.45. The number of ether oxygens (including phenoxy) is 1. The van der Waals surface area contributed by atoms with Crippen LogP contribution >= 0.6 is 11.6 Å². The summed E-state index contributed by atoms with van der Waals surface area (Å²) in [5.74, 6) is 1.27. The van der Waals surface area contributed by atoms with Crippen LogP contribution in [0.1, 0.15) is 48.9 Å². The van der Waals surface area contributed by atoms with Gasteiger partial charge in [0.1, 0.15) is 5.75 Å². The molecule has 0 radical (unpaired) electrons. The number of hydrogen-bond acceptors (Lipinski definition) is 2. The molecule has 0 aliphatic rings. The summed E-state index contributed by atoms with van der Waals surface area (Å²) in [7, 11) is 0. The summed E-state index contributed by atoms with van der Waals surface area (Å²) < 4.78 is 5.76. The Morgan fingerprint density at radius 3 is 2.46 bits per heavy atom. The molecule has 0 spiro atoms. The van der Waals surface area contributed by atoms with E-state index >= 15 is 0 Å². The predicted molar refractivity (Wildman–Crippen MR) is 101 cm³/mol. The van der Waals surface area contributed by atoms with E-state index in [0.717, 1.165) is 28.0 Å². The summed E-state index contributed by atoms with van der Waals surface area (Å²) in [5, 5.41) is 10.2. The molecule has 0 unspecified atom stereocenters. The Morgan fingerprint density at radius 1 is 1.25 bits per heavy atom. The van der Waals surface area contributed by atoms with E-state index in [1.54, 1.807) is 12.1 Å². The lowest BCUT2D eigenvalue weighted by Crippen LogP contribution is -2.00. The third kappa shape index (κ3) is 4.19. The van der Waals surface area contributed by atoms with Gasteiger partial charge >= 0.3 is 0 Å². The van der Waals surface area contributed by atoms with E-state index in [4.69, 9.17) is 16.3 Å². The first-order chi connectivity index (χ1) is 11.5. The molecule has 0 atom stereocenters. The lowest BCUT2D eigenvalue weighted by atomic mass is 9.94. The molecule has 2 aromatic rings. The quantitative estimate of drug-likeness (QED) is 0.477. The van der Waals surface area contributed by atoms with Crippen LogP contribution in [0.3, 0.4) is 0 Å². The molecule has 2 nitrogen and oxygen atoms in total. The summed E-state index contributed by atoms with van der Waals surface area (Å²) in [4.78, 5) is 0. The van der Waals surface area contributed by atoms with Gasteiger partial charge in [-0.2, -0.15) is 5.26 Å². The molecule has 2 aromatic carbocycles. The van der Waals surface area contributed by atoms with Crippen molar-refractivity contribution in [1.29, 1.82) is 5.26 Å². The van der Waals surface area contributed by atoms with Gasteiger partial charge in [-0.05, 0) is 72.4 Å². The van der Waals surface area contributed by atoms with Crippen LogP contribution < -0.4 is 4.74 Å². The van der Waals surface area contributed by atoms with Gasteiger partial charge in [0.05, 0.1) is 18.2 Å². The zero-order valence-corrected chi connectivity index (χ0v) is 15.3. The van der Waals surface area contributed by atoms with Crippen molar-refractivity contribution in [3.05, 3.63) is 63.7 Å². The van der Waals surface area contributed by atoms with E-state index in [9.17, 15) is 5.26 Å². The highest BCUT2D eigenvalue weighted by molar-refractivity contribution is 6.30. The Bertz CT molecular complexity index is 783. The number of nitriles is 1. The molecule has 0 amide bonds. The molecule has 24 heavy (non-hydrogen) atoms. The molecule has 0 saturated carbocycles. The minimum Gasteiger partial charge on any atom is -0.494 e. The van der Waals surface area contributed by atoms with Crippen LogP contribution in [0.5, 0.6) is 5.75 Å². The van der Waals surface area contributed by atoms with Crippen molar-refractivity contribution in [3.8, 4) is 11.8 Å². The summed E-state index contributed by atoms with van der Waals surface area (Å²) in [5.41, 5.74) is 4.76. The fraction of sp³-hybridized carbons (Fsp3) is 0.286. The van der Waals surface area contributed by atoms with Crippen molar-refractivity contribution >= 4 is 23.3 Å². The second kappa shape index (κ2) is 8.04. The number of nitrogens with zero attached hydrogens (tertiary/aromatic N) is 1. The highest BCUT2D eigenvalue weighted by Gasteiger charge is 2.12. The molecule has 124 valence electrons. The van der Waals surface area contributed by atoms with E-state index in [1.807, 2.05) is 32.1 Å². The zero-order valence-electron chi connectivity index (χ0n) is 14.6. The fourth-order valence-electron chi connectivity index (χ4n) is 2.57. The molecule has 2 rings (SSSR count). The van der Waals surface area contributed by atoms with Gasteiger partial charge in [0, 0.05) is 5.02 Å². The lowest BCUT2D eigenvalue weighted by molar-refractivity contribution is 0.335. The normalized spacial score (nSPS) is 11.5. The maximum Gasteiger partial charge on any atom is 0.123 e. The van der Waals surface area contributed by atoms with Crippen molar-refractivity contribution in [1.82, 2.24) is 0 Å². The van der Waals surface area contributed by atoms with E-state index in [0.29, 0.717) is 23.1 Å². The first-order valence-electron chi connectivity index (χ1n) is 8.11. The number of halogens is 1. The zero-order chi connectivity index (χ0) is 17.7. The van der Waals surface area contributed by atoms with Crippen LogP contribution in [-0.4, -0.2) is 6.61 Å². The second-order valence-electron chi connectivity index (χ2n) is 6.01. The Balaban J connectivity index is 2.52. The SMILES string of the molecule is CCOc1cc(C)c(/C=C(\C#N)c2ccc(Cl)cc2)cc1C(C)C. The van der Waals surface area contributed by atoms with Gasteiger partial charge in [-0.15, -0.1) is 0 Å². The molecule has 0 bridgehead atoms. The minimum absolute atomic E-state index is 0.348. The van der Waals surface area contributed by atoms with Gasteiger partial charge < -0.3 is 4.74 Å². The summed E-state index contributed by atoms with van der Waals surface area (Å²) in [6.07, 6.45) is 1.93. The van der Waals surface area contributed by atoms with Gasteiger partial charge in [0.15, 0.2) is 0 Å². The molecule has 0 N–H and O–H groups in total. The Kier molecular flexibility index (Phi) is 6.06. The van der Waals surface area contributed by atoms with Crippen LogP contribution in [0.25, 0.3) is 11.6 Å². The Hall–Kier alpha value is -2.24. The number of rotatable bonds is 5. The maximum absolute atomic E-state index is 9.54. The van der Waals surface area contributed by atoms with Crippen LogP contribution in [0.15, 0.2) is 36.4 Å². The number of benzene rings is 2. The first-order valence-corrected chi connectivity index (χ1v) is 8.49. The van der Waals surface area contributed by atoms with Crippen LogP contribution in [0.2, 0.25) is 5.02 Å². The summed E-state index contributed by atoms with van der Waals surface area (Å²) in [6.45, 7) is 8.95. The van der Waals surface area contributed by atoms with Gasteiger partial charge in [-0.25, -0.2) is 0 Å². The van der Waals surface area contributed by atoms with E-state index in [1.165, 1.54) is 0 Å². The minimum atomic E-state index is 0.348. The molecular weight excluding hydrogens is 318 g/mol. The number of hydrogen-bond donors (Lipinski definition) is 0. The van der Waals surface area contributed by atoms with Gasteiger partial charge in [0.25, 0.3) is 0 Å². The maximum atomic E-state index is 9.54. The molecule has 0 saturated heterocycles. The average Bonchev–Trinajstić information content (AvgIpc) is 2.55. The molecule has 0 heterocycles. The molecule has 3 heteroatoms. The Labute approximate surface area is 149 Å². The van der Waals surface area contributed by atoms with Crippen molar-refractivity contribution in [2.24, 2.45) is 0 Å². The third-order valence-electron chi connectivity index (χ3n) is 3.90. The summed E-state index contributed by atoms with van der Waals surface area (Å²) in [6, 6.07) is 13.8. The number of aryl methyl sites for hydroxylation is 1. The fourth-order valence-corrected chi connectivity index (χ4v) is 2.69. The number of allylic oxidation sites excluding steroid dienone is 1. The molecule has 0 aliphatic carbocycles. The molecule has 0 fully saturated rings. The lowest BCUT2D eigenvalue weighted by Gasteiger charge is -2.16. The average molecular weight is 340 g/mol. The van der Waals surface area contributed by atoms with Crippen molar-refractivity contribution in [2.75, 3.05) is 6.61 Å². The van der Waals surface area contributed by atoms with E-state index in [-0.39, 0.29) is 0 Å². The van der Waals surface area contributed by atoms with Crippen molar-refractivity contribution < 1.29 is 4.74 Å². The Morgan fingerprint density at radius 2 is 1.92 bits per heavy atom. The van der Waals surface area contributed by atoms with Gasteiger partial charge in [-0.1, -0.05) is 37.6 Å².